The Hall–Kier alpha value is -2.16. The number of rotatable bonds is 7. The molecule has 9 heteroatoms. The first-order valence-corrected chi connectivity index (χ1v) is 6.37. The number of hydrogen-bond donors (Lipinski definition) is 0. The molecule has 0 aliphatic heterocycles. The first-order chi connectivity index (χ1) is 9.92. The Morgan fingerprint density at radius 1 is 1.24 bits per heavy atom. The molecule has 0 fully saturated rings. The smallest absolute Gasteiger partial charge is 0.346 e. The van der Waals surface area contributed by atoms with Gasteiger partial charge >= 0.3 is 11.7 Å². The predicted octanol–water partition coefficient (Wildman–Crippen LogP) is -1.51. The van der Waals surface area contributed by atoms with E-state index in [1.165, 1.54) is 28.3 Å². The van der Waals surface area contributed by atoms with Gasteiger partial charge in [-0.2, -0.15) is 0 Å². The summed E-state index contributed by atoms with van der Waals surface area (Å²) in [4.78, 5) is 36.6. The van der Waals surface area contributed by atoms with Gasteiger partial charge in [-0.15, -0.1) is 5.10 Å². The van der Waals surface area contributed by atoms with Gasteiger partial charge in [-0.25, -0.2) is 9.48 Å². The molecule has 21 heavy (non-hydrogen) atoms. The fraction of sp³-hybridized carbons (Fsp3) is 0.667. The molecule has 118 valence electrons. The first kappa shape index (κ1) is 16.9. The van der Waals surface area contributed by atoms with Gasteiger partial charge in [-0.05, 0) is 0 Å². The van der Waals surface area contributed by atoms with Gasteiger partial charge in [-0.3, -0.25) is 14.2 Å². The van der Waals surface area contributed by atoms with Gasteiger partial charge in [0.1, 0.15) is 0 Å². The fourth-order valence-corrected chi connectivity index (χ4v) is 1.73. The second-order valence-electron chi connectivity index (χ2n) is 4.40. The minimum atomic E-state index is -0.515. The summed E-state index contributed by atoms with van der Waals surface area (Å²) in [5, 5.41) is 3.98. The Morgan fingerprint density at radius 3 is 2.48 bits per heavy atom. The number of aryl methyl sites for hydroxylation is 1. The molecule has 1 aromatic heterocycles. The Kier molecular flexibility index (Phi) is 6.10. The molecule has 0 aliphatic rings. The van der Waals surface area contributed by atoms with Crippen molar-refractivity contribution in [3.8, 4) is 0 Å². The van der Waals surface area contributed by atoms with Crippen LogP contribution in [0.5, 0.6) is 0 Å². The Balaban J connectivity index is 3.11. The molecular weight excluding hydrogens is 280 g/mol. The molecule has 0 saturated heterocycles. The maximum atomic E-state index is 12.1. The highest BCUT2D eigenvalue weighted by atomic mass is 16.5. The lowest BCUT2D eigenvalue weighted by atomic mass is 10.3. The lowest BCUT2D eigenvalue weighted by Crippen LogP contribution is -2.44. The van der Waals surface area contributed by atoms with Gasteiger partial charge in [0, 0.05) is 34.3 Å². The third-order valence-electron chi connectivity index (χ3n) is 2.98. The number of aromatic nitrogens is 3. The van der Waals surface area contributed by atoms with Crippen molar-refractivity contribution in [1.82, 2.24) is 14.3 Å². The molecule has 0 unspecified atom stereocenters. The molecule has 1 heterocycles. The van der Waals surface area contributed by atoms with Gasteiger partial charge in [0.15, 0.2) is 0 Å². The largest absolute Gasteiger partial charge is 0.469 e. The zero-order valence-corrected chi connectivity index (χ0v) is 12.7. The van der Waals surface area contributed by atoms with Crippen LogP contribution in [0, 0.1) is 0 Å². The SMILES string of the molecule is COCCN(CCC(=O)OC)c1nn(C)c(=O)n(C)c1=O. The van der Waals surface area contributed by atoms with Crippen molar-refractivity contribution >= 4 is 11.8 Å². The zero-order chi connectivity index (χ0) is 16.0. The quantitative estimate of drug-likeness (QED) is 0.565. The third kappa shape index (κ3) is 4.15. The van der Waals surface area contributed by atoms with Crippen LogP contribution in [0.1, 0.15) is 6.42 Å². The average molecular weight is 300 g/mol. The van der Waals surface area contributed by atoms with E-state index < -0.39 is 11.2 Å². The van der Waals surface area contributed by atoms with Gasteiger partial charge in [0.05, 0.1) is 20.1 Å². The molecular formula is C12H20N4O5. The predicted molar refractivity (Wildman–Crippen MR) is 75.4 cm³/mol. The highest BCUT2D eigenvalue weighted by molar-refractivity contribution is 5.69. The fourth-order valence-electron chi connectivity index (χ4n) is 1.73. The van der Waals surface area contributed by atoms with E-state index in [4.69, 9.17) is 4.74 Å². The number of anilines is 1. The van der Waals surface area contributed by atoms with Crippen molar-refractivity contribution in [2.75, 3.05) is 38.8 Å². The highest BCUT2D eigenvalue weighted by Gasteiger charge is 2.17. The van der Waals surface area contributed by atoms with E-state index in [0.29, 0.717) is 13.2 Å². The van der Waals surface area contributed by atoms with Crippen LogP contribution in [-0.4, -0.2) is 54.2 Å². The van der Waals surface area contributed by atoms with Crippen LogP contribution in [0.3, 0.4) is 0 Å². The minimum absolute atomic E-state index is 0.0977. The van der Waals surface area contributed by atoms with Crippen molar-refractivity contribution in [3.05, 3.63) is 20.8 Å². The van der Waals surface area contributed by atoms with Crippen LogP contribution >= 0.6 is 0 Å². The van der Waals surface area contributed by atoms with Gasteiger partial charge in [0.25, 0.3) is 5.56 Å². The van der Waals surface area contributed by atoms with E-state index in [1.54, 1.807) is 4.90 Å². The summed E-state index contributed by atoms with van der Waals surface area (Å²) in [6.45, 7) is 0.971. The highest BCUT2D eigenvalue weighted by Crippen LogP contribution is 2.03. The van der Waals surface area contributed by atoms with Gasteiger partial charge < -0.3 is 14.4 Å². The molecule has 0 saturated carbocycles. The van der Waals surface area contributed by atoms with E-state index in [-0.39, 0.29) is 24.8 Å². The monoisotopic (exact) mass is 300 g/mol. The molecule has 0 radical (unpaired) electrons. The summed E-state index contributed by atoms with van der Waals surface area (Å²) >= 11 is 0. The molecule has 9 nitrogen and oxygen atoms in total. The van der Waals surface area contributed by atoms with Crippen molar-refractivity contribution in [3.63, 3.8) is 0 Å². The summed E-state index contributed by atoms with van der Waals surface area (Å²) in [5.74, 6) is -0.292. The van der Waals surface area contributed by atoms with E-state index in [9.17, 15) is 14.4 Å². The second-order valence-corrected chi connectivity index (χ2v) is 4.40. The first-order valence-electron chi connectivity index (χ1n) is 6.37. The Morgan fingerprint density at radius 2 is 1.90 bits per heavy atom. The summed E-state index contributed by atoms with van der Waals surface area (Å²) in [5.41, 5.74) is -1.03. The summed E-state index contributed by atoms with van der Waals surface area (Å²) in [6, 6.07) is 0. The van der Waals surface area contributed by atoms with Crippen LogP contribution in [0.25, 0.3) is 0 Å². The number of ether oxygens (including phenoxy) is 2. The van der Waals surface area contributed by atoms with Crippen molar-refractivity contribution in [2.45, 2.75) is 6.42 Å². The van der Waals surface area contributed by atoms with Crippen LogP contribution in [0.2, 0.25) is 0 Å². The number of hydrogen-bond acceptors (Lipinski definition) is 7. The molecule has 0 aliphatic carbocycles. The molecule has 0 bridgehead atoms. The standard InChI is InChI=1S/C12H20N4O5/c1-14-11(18)10(13-15(2)12(14)19)16(7-8-20-3)6-5-9(17)21-4/h5-8H2,1-4H3. The van der Waals surface area contributed by atoms with E-state index in [2.05, 4.69) is 9.84 Å². The molecule has 0 spiro atoms. The average Bonchev–Trinajstić information content (AvgIpc) is 2.49. The number of methoxy groups -OCH3 is 2. The number of carbonyl (C=O) groups is 1. The van der Waals surface area contributed by atoms with Crippen molar-refractivity contribution in [1.29, 1.82) is 0 Å². The number of esters is 1. The molecule has 1 aromatic rings. The van der Waals surface area contributed by atoms with E-state index in [0.717, 1.165) is 9.25 Å². The molecule has 0 N–H and O–H groups in total. The molecule has 0 aromatic carbocycles. The van der Waals surface area contributed by atoms with E-state index in [1.807, 2.05) is 0 Å². The lowest BCUT2D eigenvalue weighted by molar-refractivity contribution is -0.140. The minimum Gasteiger partial charge on any atom is -0.469 e. The molecule has 0 atom stereocenters. The maximum Gasteiger partial charge on any atom is 0.346 e. The Bertz CT molecular complexity index is 607. The van der Waals surface area contributed by atoms with Crippen LogP contribution in [-0.2, 0) is 28.4 Å². The van der Waals surface area contributed by atoms with Gasteiger partial charge in [0.2, 0.25) is 5.82 Å². The zero-order valence-electron chi connectivity index (χ0n) is 12.7. The topological polar surface area (TPSA) is 95.7 Å². The Labute approximate surface area is 121 Å². The lowest BCUT2D eigenvalue weighted by Gasteiger charge is -2.22. The third-order valence-corrected chi connectivity index (χ3v) is 2.98. The normalized spacial score (nSPS) is 10.5. The van der Waals surface area contributed by atoms with E-state index >= 15 is 0 Å². The molecule has 0 amide bonds. The van der Waals surface area contributed by atoms with Gasteiger partial charge in [-0.1, -0.05) is 0 Å². The summed E-state index contributed by atoms with van der Waals surface area (Å²) in [7, 11) is 5.67. The number of nitrogens with zero attached hydrogens (tertiary/aromatic N) is 4. The summed E-state index contributed by atoms with van der Waals surface area (Å²) < 4.78 is 11.6. The van der Waals surface area contributed by atoms with Crippen molar-refractivity contribution in [2.24, 2.45) is 14.1 Å². The number of carbonyl (C=O) groups excluding carboxylic acids is 1. The molecule has 1 rings (SSSR count). The maximum absolute atomic E-state index is 12.1. The van der Waals surface area contributed by atoms with Crippen molar-refractivity contribution < 1.29 is 14.3 Å². The van der Waals surface area contributed by atoms with Crippen LogP contribution < -0.4 is 16.1 Å². The second kappa shape index (κ2) is 7.58. The van der Waals surface area contributed by atoms with Crippen LogP contribution in [0.4, 0.5) is 5.82 Å². The van der Waals surface area contributed by atoms with Crippen LogP contribution in [0.15, 0.2) is 9.59 Å². The summed E-state index contributed by atoms with van der Waals surface area (Å²) in [6.07, 6.45) is 0.105.